The number of fused-ring (bicyclic) bond motifs is 2. The van der Waals surface area contributed by atoms with Gasteiger partial charge in [0.1, 0.15) is 18.7 Å². The van der Waals surface area contributed by atoms with Gasteiger partial charge in [0.2, 0.25) is 5.69 Å². The number of aliphatic carboxylic acids is 1. The second-order valence-electron chi connectivity index (χ2n) is 12.4. The molecule has 0 fully saturated rings. The number of carboxylic acids is 1. The standard InChI is InChI=1S/C36H36N4O3/c1-35(2)26-13-8-10-15-28(26)39(5)30(35)19-24-33(23(21-37)22-38)25(34(24)43)20-31-36(3,4)27-14-9-11-16-29(27)40(31)18-12-6-7-17-32(41)42/h8-11,13-16,19-20,37H,6-7,12,17-18H2,1-5H3/p+1. The molecule has 2 aromatic rings. The van der Waals surface area contributed by atoms with Gasteiger partial charge in [-0.2, -0.15) is 9.84 Å². The first-order valence-corrected chi connectivity index (χ1v) is 14.7. The van der Waals surface area contributed by atoms with Crippen LogP contribution in [0, 0.1) is 16.7 Å². The first-order valence-electron chi connectivity index (χ1n) is 14.7. The Morgan fingerprint density at radius 1 is 1.00 bits per heavy atom. The monoisotopic (exact) mass is 573 g/mol. The number of benzene rings is 2. The normalized spacial score (nSPS) is 19.7. The first-order chi connectivity index (χ1) is 20.4. The molecule has 0 bridgehead atoms. The Bertz CT molecular complexity index is 1770. The zero-order chi connectivity index (χ0) is 31.1. The minimum atomic E-state index is -0.790. The molecule has 218 valence electrons. The van der Waals surface area contributed by atoms with E-state index in [9.17, 15) is 14.9 Å². The van der Waals surface area contributed by atoms with E-state index in [-0.39, 0.29) is 23.2 Å². The Morgan fingerprint density at radius 2 is 1.67 bits per heavy atom. The predicted molar refractivity (Wildman–Crippen MR) is 168 cm³/mol. The minimum absolute atomic E-state index is 0.0304. The lowest BCUT2D eigenvalue weighted by Crippen LogP contribution is -2.32. The number of Topliss-reactive ketones (excluding diaryl/α,β-unsaturated/α-hetero) is 1. The Balaban J connectivity index is 1.60. The van der Waals surface area contributed by atoms with Crippen LogP contribution in [0.15, 0.2) is 88.7 Å². The van der Waals surface area contributed by atoms with Crippen molar-refractivity contribution in [2.45, 2.75) is 64.2 Å². The highest BCUT2D eigenvalue weighted by Gasteiger charge is 2.46. The van der Waals surface area contributed by atoms with E-state index in [2.05, 4.69) is 73.4 Å². The number of ketones is 1. The molecular formula is C36H37N4O3+. The molecule has 2 heterocycles. The van der Waals surface area contributed by atoms with Gasteiger partial charge in [-0.3, -0.25) is 15.0 Å². The summed E-state index contributed by atoms with van der Waals surface area (Å²) in [6.07, 6.45) is 6.10. The number of unbranched alkanes of at least 4 members (excludes halogenated alkanes) is 2. The summed E-state index contributed by atoms with van der Waals surface area (Å²) in [6, 6.07) is 18.4. The first kappa shape index (κ1) is 29.7. The van der Waals surface area contributed by atoms with E-state index in [0.29, 0.717) is 29.7 Å². The van der Waals surface area contributed by atoms with Gasteiger partial charge in [-0.1, -0.05) is 56.7 Å². The van der Waals surface area contributed by atoms with Crippen LogP contribution >= 0.6 is 0 Å². The molecule has 0 amide bonds. The van der Waals surface area contributed by atoms with Gasteiger partial charge in [-0.25, -0.2) is 0 Å². The van der Waals surface area contributed by atoms with E-state index in [1.807, 2.05) is 43.5 Å². The van der Waals surface area contributed by atoms with Crippen molar-refractivity contribution in [2.24, 2.45) is 0 Å². The smallest absolute Gasteiger partial charge is 0.303 e. The summed E-state index contributed by atoms with van der Waals surface area (Å²) < 4.78 is 2.09. The Hall–Kier alpha value is -4.79. The molecule has 0 radical (unpaired) electrons. The van der Waals surface area contributed by atoms with Gasteiger partial charge in [0.05, 0.1) is 5.41 Å². The summed E-state index contributed by atoms with van der Waals surface area (Å²) in [6.45, 7) is 9.18. The number of hydrogen-bond donors (Lipinski definition) is 2. The zero-order valence-corrected chi connectivity index (χ0v) is 25.4. The molecule has 7 heteroatoms. The van der Waals surface area contributed by atoms with Crippen molar-refractivity contribution in [3.8, 4) is 6.07 Å². The third-order valence-electron chi connectivity index (χ3n) is 9.09. The molecule has 2 aliphatic heterocycles. The van der Waals surface area contributed by atoms with Crippen LogP contribution in [0.25, 0.3) is 0 Å². The number of nitrogens with zero attached hydrogens (tertiary/aromatic N) is 3. The van der Waals surface area contributed by atoms with Gasteiger partial charge in [-0.05, 0) is 50.3 Å². The number of carboxylic acid groups (broad SMARTS) is 1. The predicted octanol–water partition coefficient (Wildman–Crippen LogP) is 6.52. The summed E-state index contributed by atoms with van der Waals surface area (Å²) in [5, 5.41) is 26.9. The summed E-state index contributed by atoms with van der Waals surface area (Å²) in [4.78, 5) is 27.1. The van der Waals surface area contributed by atoms with E-state index < -0.39 is 11.4 Å². The largest absolute Gasteiger partial charge is 0.481 e. The van der Waals surface area contributed by atoms with Crippen LogP contribution in [-0.4, -0.2) is 46.6 Å². The maximum atomic E-state index is 13.9. The fourth-order valence-electron chi connectivity index (χ4n) is 6.74. The molecule has 7 nitrogen and oxygen atoms in total. The average Bonchev–Trinajstić information content (AvgIpc) is 3.31. The highest BCUT2D eigenvalue weighted by molar-refractivity contribution is 6.27. The number of nitriles is 1. The minimum Gasteiger partial charge on any atom is -0.481 e. The second kappa shape index (κ2) is 11.1. The number of para-hydroxylation sites is 2. The Kier molecular flexibility index (Phi) is 7.69. The van der Waals surface area contributed by atoms with Crippen molar-refractivity contribution < 1.29 is 19.3 Å². The van der Waals surface area contributed by atoms with E-state index in [0.717, 1.165) is 46.8 Å². The zero-order valence-electron chi connectivity index (χ0n) is 25.4. The van der Waals surface area contributed by atoms with Crippen LogP contribution in [-0.2, 0) is 20.4 Å². The summed E-state index contributed by atoms with van der Waals surface area (Å²) in [5.74, 6) is 1.33. The lowest BCUT2D eigenvalue weighted by atomic mass is 9.73. The highest BCUT2D eigenvalue weighted by atomic mass is 16.4. The van der Waals surface area contributed by atoms with E-state index in [1.54, 1.807) is 0 Å². The van der Waals surface area contributed by atoms with Gasteiger partial charge in [0.25, 0.3) is 0 Å². The molecule has 0 saturated heterocycles. The fraction of sp³-hybridized carbons (Fsp3) is 0.333. The third-order valence-corrected chi connectivity index (χ3v) is 9.09. The number of allylic oxidation sites excluding steroid dienone is 7. The van der Waals surface area contributed by atoms with Gasteiger partial charge in [0, 0.05) is 64.2 Å². The number of carbonyl (C=O) groups is 2. The number of carbonyl (C=O) groups excluding carboxylic acids is 1. The SMILES string of the molecule is C[N+]1=C(/C=C2/C(=O)C(/C=C3/N(CCCCCC(=O)O)c4ccccc4C3(C)C)=C2C(=C=N)C#N)C(C)(C)c2ccccc21. The number of anilines is 1. The van der Waals surface area contributed by atoms with Crippen molar-refractivity contribution in [1.82, 2.24) is 0 Å². The fourth-order valence-corrected chi connectivity index (χ4v) is 6.74. The van der Waals surface area contributed by atoms with Crippen LogP contribution in [0.1, 0.15) is 64.5 Å². The maximum absolute atomic E-state index is 13.9. The third kappa shape index (κ3) is 4.88. The van der Waals surface area contributed by atoms with E-state index in [1.165, 1.54) is 0 Å². The average molecular weight is 574 g/mol. The highest BCUT2D eigenvalue weighted by Crippen LogP contribution is 2.50. The van der Waals surface area contributed by atoms with Crippen molar-refractivity contribution in [3.63, 3.8) is 0 Å². The molecule has 0 spiro atoms. The molecule has 2 N–H and O–H groups in total. The lowest BCUT2D eigenvalue weighted by molar-refractivity contribution is -0.401. The second-order valence-corrected chi connectivity index (χ2v) is 12.4. The Morgan fingerprint density at radius 3 is 2.33 bits per heavy atom. The van der Waals surface area contributed by atoms with Crippen molar-refractivity contribution in [2.75, 3.05) is 18.5 Å². The summed E-state index contributed by atoms with van der Waals surface area (Å²) in [5.41, 5.74) is 6.86. The molecule has 5 rings (SSSR count). The van der Waals surface area contributed by atoms with Crippen LogP contribution in [0.3, 0.4) is 0 Å². The number of hydrogen-bond acceptors (Lipinski definition) is 5. The molecular weight excluding hydrogens is 536 g/mol. The molecule has 0 unspecified atom stereocenters. The van der Waals surface area contributed by atoms with Gasteiger partial charge in [-0.15, -0.1) is 0 Å². The summed E-state index contributed by atoms with van der Waals surface area (Å²) >= 11 is 0. The topological polar surface area (TPSA) is 108 Å². The maximum Gasteiger partial charge on any atom is 0.303 e. The van der Waals surface area contributed by atoms with E-state index in [4.69, 9.17) is 10.5 Å². The molecule has 1 aliphatic carbocycles. The molecule has 3 aliphatic rings. The number of nitrogens with one attached hydrogen (secondary N) is 1. The molecule has 0 aromatic heterocycles. The molecule has 0 saturated carbocycles. The quantitative estimate of drug-likeness (QED) is 0.117. The van der Waals surface area contributed by atoms with Gasteiger partial charge < -0.3 is 10.0 Å². The Labute approximate surface area is 253 Å². The van der Waals surface area contributed by atoms with Crippen LogP contribution in [0.5, 0.6) is 0 Å². The van der Waals surface area contributed by atoms with Gasteiger partial charge >= 0.3 is 5.97 Å². The van der Waals surface area contributed by atoms with Gasteiger partial charge in [0.15, 0.2) is 11.5 Å². The molecule has 2 aromatic carbocycles. The lowest BCUT2D eigenvalue weighted by Gasteiger charge is -2.30. The van der Waals surface area contributed by atoms with E-state index >= 15 is 0 Å². The van der Waals surface area contributed by atoms with Crippen LogP contribution in [0.4, 0.5) is 11.4 Å². The molecule has 43 heavy (non-hydrogen) atoms. The van der Waals surface area contributed by atoms with Crippen molar-refractivity contribution >= 4 is 34.7 Å². The molecule has 0 atom stereocenters. The van der Waals surface area contributed by atoms with Crippen molar-refractivity contribution in [1.29, 1.82) is 10.7 Å². The summed E-state index contributed by atoms with van der Waals surface area (Å²) in [7, 11) is 1.99. The van der Waals surface area contributed by atoms with Crippen LogP contribution < -0.4 is 4.90 Å². The van der Waals surface area contributed by atoms with Crippen molar-refractivity contribution in [3.05, 3.63) is 99.8 Å². The number of rotatable bonds is 9. The van der Waals surface area contributed by atoms with Crippen LogP contribution in [0.2, 0.25) is 0 Å².